The average molecular weight is 473 g/mol. The average Bonchev–Trinajstić information content (AvgIpc) is 3.19. The molecule has 0 spiro atoms. The molecule has 3 aromatic carbocycles. The quantitative estimate of drug-likeness (QED) is 0.501. The van der Waals surface area contributed by atoms with Crippen LogP contribution in [0.2, 0.25) is 0 Å². The number of ether oxygens (including phenoxy) is 2. The summed E-state index contributed by atoms with van der Waals surface area (Å²) in [5.74, 6) is -0.154. The maximum Gasteiger partial charge on any atom is 0.328 e. The van der Waals surface area contributed by atoms with Crippen LogP contribution in [-0.4, -0.2) is 42.9 Å². The van der Waals surface area contributed by atoms with Crippen LogP contribution in [0.3, 0.4) is 0 Å². The standard InChI is InChI=1S/C28H28N2O5/c1-17(2)25(28(33)35-4)30-16-21-15-20(9-14-24(21)27(30)32)18-5-10-22(11-6-18)29-26(31)19-7-12-23(34-3)13-8-19/h5-15,17,25H,16H2,1-4H3,(H,29,31)/t25-/m0/s1. The highest BCUT2D eigenvalue weighted by atomic mass is 16.5. The van der Waals surface area contributed by atoms with E-state index in [1.165, 1.54) is 7.11 Å². The van der Waals surface area contributed by atoms with Crippen molar-refractivity contribution in [1.82, 2.24) is 4.90 Å². The minimum Gasteiger partial charge on any atom is -0.497 e. The Bertz CT molecular complexity index is 1250. The van der Waals surface area contributed by atoms with Crippen molar-refractivity contribution in [2.24, 2.45) is 5.92 Å². The predicted octanol–water partition coefficient (Wildman–Crippen LogP) is 4.77. The molecule has 0 radical (unpaired) electrons. The molecule has 7 nitrogen and oxygen atoms in total. The zero-order valence-corrected chi connectivity index (χ0v) is 20.2. The number of carbonyl (C=O) groups excluding carboxylic acids is 3. The monoisotopic (exact) mass is 472 g/mol. The smallest absolute Gasteiger partial charge is 0.328 e. The number of carbonyl (C=O) groups is 3. The van der Waals surface area contributed by atoms with Crippen LogP contribution in [0.25, 0.3) is 11.1 Å². The molecule has 1 N–H and O–H groups in total. The number of fused-ring (bicyclic) bond motifs is 1. The van der Waals surface area contributed by atoms with E-state index in [0.29, 0.717) is 29.1 Å². The lowest BCUT2D eigenvalue weighted by atomic mass is 10.0. The van der Waals surface area contributed by atoms with Crippen molar-refractivity contribution in [2.75, 3.05) is 19.5 Å². The molecule has 1 aliphatic heterocycles. The van der Waals surface area contributed by atoms with Crippen molar-refractivity contribution in [1.29, 1.82) is 0 Å². The lowest BCUT2D eigenvalue weighted by Crippen LogP contribution is -2.45. The van der Waals surface area contributed by atoms with Crippen molar-refractivity contribution in [3.63, 3.8) is 0 Å². The second-order valence-corrected chi connectivity index (χ2v) is 8.78. The summed E-state index contributed by atoms with van der Waals surface area (Å²) in [6, 6.07) is 19.5. The molecule has 1 atom stereocenters. The lowest BCUT2D eigenvalue weighted by molar-refractivity contribution is -0.147. The van der Waals surface area contributed by atoms with Crippen molar-refractivity contribution >= 4 is 23.5 Å². The van der Waals surface area contributed by atoms with Crippen LogP contribution in [0.5, 0.6) is 5.75 Å². The Morgan fingerprint density at radius 3 is 2.17 bits per heavy atom. The molecule has 180 valence electrons. The summed E-state index contributed by atoms with van der Waals surface area (Å²) in [4.78, 5) is 39.4. The first-order chi connectivity index (χ1) is 16.8. The zero-order valence-electron chi connectivity index (χ0n) is 20.2. The van der Waals surface area contributed by atoms with Crippen molar-refractivity contribution in [3.05, 3.63) is 83.4 Å². The first kappa shape index (κ1) is 24.0. The van der Waals surface area contributed by atoms with Gasteiger partial charge < -0.3 is 19.7 Å². The van der Waals surface area contributed by atoms with Crippen molar-refractivity contribution in [3.8, 4) is 16.9 Å². The van der Waals surface area contributed by atoms with Crippen LogP contribution in [0.15, 0.2) is 66.7 Å². The minimum atomic E-state index is -0.628. The predicted molar refractivity (Wildman–Crippen MR) is 133 cm³/mol. The molecule has 35 heavy (non-hydrogen) atoms. The van der Waals surface area contributed by atoms with Crippen molar-refractivity contribution < 1.29 is 23.9 Å². The summed E-state index contributed by atoms with van der Waals surface area (Å²) in [7, 11) is 2.92. The van der Waals surface area contributed by atoms with Gasteiger partial charge in [0.15, 0.2) is 0 Å². The van der Waals surface area contributed by atoms with Gasteiger partial charge in [-0.25, -0.2) is 4.79 Å². The number of amides is 2. The summed E-state index contributed by atoms with van der Waals surface area (Å²) in [5, 5.41) is 2.89. The molecule has 1 aliphatic rings. The van der Waals surface area contributed by atoms with Gasteiger partial charge in [0.25, 0.3) is 11.8 Å². The molecule has 4 rings (SSSR count). The molecule has 0 aromatic heterocycles. The van der Waals surface area contributed by atoms with E-state index in [2.05, 4.69) is 5.32 Å². The SMILES string of the molecule is COC(=O)[C@H](C(C)C)N1Cc2cc(-c3ccc(NC(=O)c4ccc(OC)cc4)cc3)ccc2C1=O. The highest BCUT2D eigenvalue weighted by Gasteiger charge is 2.38. The Hall–Kier alpha value is -4.13. The maximum absolute atomic E-state index is 13.0. The van der Waals surface area contributed by atoms with E-state index in [1.807, 2.05) is 50.2 Å². The van der Waals surface area contributed by atoms with E-state index in [-0.39, 0.29) is 17.7 Å². The summed E-state index contributed by atoms with van der Waals surface area (Å²) >= 11 is 0. The molecule has 0 fully saturated rings. The summed E-state index contributed by atoms with van der Waals surface area (Å²) in [5.41, 5.74) is 4.59. The Morgan fingerprint density at radius 2 is 1.57 bits per heavy atom. The Kier molecular flexibility index (Phi) is 6.87. The molecule has 0 aliphatic carbocycles. The van der Waals surface area contributed by atoms with Gasteiger partial charge in [-0.15, -0.1) is 0 Å². The van der Waals surface area contributed by atoms with Gasteiger partial charge in [0.1, 0.15) is 11.8 Å². The fourth-order valence-electron chi connectivity index (χ4n) is 4.32. The fraction of sp³-hybridized carbons (Fsp3) is 0.250. The van der Waals surface area contributed by atoms with Crippen molar-refractivity contribution in [2.45, 2.75) is 26.4 Å². The topological polar surface area (TPSA) is 84.9 Å². The number of esters is 1. The third kappa shape index (κ3) is 4.89. The number of rotatable bonds is 7. The third-order valence-electron chi connectivity index (χ3n) is 6.18. The maximum atomic E-state index is 13.0. The summed E-state index contributed by atoms with van der Waals surface area (Å²) < 4.78 is 10.1. The van der Waals surface area contributed by atoms with Gasteiger partial charge in [0.05, 0.1) is 14.2 Å². The molecule has 0 saturated heterocycles. The number of hydrogen-bond acceptors (Lipinski definition) is 5. The third-order valence-corrected chi connectivity index (χ3v) is 6.18. The second-order valence-electron chi connectivity index (χ2n) is 8.78. The van der Waals surface area contributed by atoms with Crippen LogP contribution >= 0.6 is 0 Å². The molecule has 1 heterocycles. The Balaban J connectivity index is 1.49. The van der Waals surface area contributed by atoms with Crippen LogP contribution < -0.4 is 10.1 Å². The summed E-state index contributed by atoms with van der Waals surface area (Å²) in [6.07, 6.45) is 0. The van der Waals surface area contributed by atoms with E-state index in [4.69, 9.17) is 9.47 Å². The van der Waals surface area contributed by atoms with Gasteiger partial charge in [-0.1, -0.05) is 32.0 Å². The fourth-order valence-corrected chi connectivity index (χ4v) is 4.32. The largest absolute Gasteiger partial charge is 0.497 e. The highest BCUT2D eigenvalue weighted by Crippen LogP contribution is 2.32. The Labute approximate surface area is 204 Å². The van der Waals surface area contributed by atoms with Crippen LogP contribution in [0.1, 0.15) is 40.1 Å². The number of hydrogen-bond donors (Lipinski definition) is 1. The number of benzene rings is 3. The van der Waals surface area contributed by atoms with E-state index < -0.39 is 12.0 Å². The molecular formula is C28H28N2O5. The van der Waals surface area contributed by atoms with Crippen LogP contribution in [0, 0.1) is 5.92 Å². The normalized spacial score (nSPS) is 13.4. The minimum absolute atomic E-state index is 0.0687. The first-order valence-corrected chi connectivity index (χ1v) is 11.4. The lowest BCUT2D eigenvalue weighted by Gasteiger charge is -2.28. The van der Waals surface area contributed by atoms with Crippen LogP contribution in [-0.2, 0) is 16.1 Å². The van der Waals surface area contributed by atoms with Gasteiger partial charge in [-0.2, -0.15) is 0 Å². The van der Waals surface area contributed by atoms with Gasteiger partial charge in [-0.05, 0) is 71.1 Å². The molecule has 2 amide bonds. The summed E-state index contributed by atoms with van der Waals surface area (Å²) in [6.45, 7) is 4.16. The van der Waals surface area contributed by atoms with Gasteiger partial charge in [0.2, 0.25) is 0 Å². The number of nitrogens with zero attached hydrogens (tertiary/aromatic N) is 1. The molecule has 0 saturated carbocycles. The van der Waals surface area contributed by atoms with E-state index in [1.54, 1.807) is 42.3 Å². The molecular weight excluding hydrogens is 444 g/mol. The van der Waals surface area contributed by atoms with E-state index in [9.17, 15) is 14.4 Å². The van der Waals surface area contributed by atoms with Crippen LogP contribution in [0.4, 0.5) is 5.69 Å². The number of nitrogens with one attached hydrogen (secondary N) is 1. The molecule has 0 bridgehead atoms. The molecule has 7 heteroatoms. The molecule has 3 aromatic rings. The highest BCUT2D eigenvalue weighted by molar-refractivity contribution is 6.04. The first-order valence-electron chi connectivity index (χ1n) is 11.4. The Morgan fingerprint density at radius 1 is 0.914 bits per heavy atom. The van der Waals surface area contributed by atoms with Gasteiger partial charge >= 0.3 is 5.97 Å². The van der Waals surface area contributed by atoms with Gasteiger partial charge in [0, 0.05) is 23.4 Å². The second kappa shape index (κ2) is 10.0. The molecule has 0 unspecified atom stereocenters. The zero-order chi connectivity index (χ0) is 25.1. The number of methoxy groups -OCH3 is 2. The number of anilines is 1. The van der Waals surface area contributed by atoms with E-state index in [0.717, 1.165) is 16.7 Å². The van der Waals surface area contributed by atoms with E-state index >= 15 is 0 Å². The van der Waals surface area contributed by atoms with Gasteiger partial charge in [-0.3, -0.25) is 9.59 Å².